The fraction of sp³-hybridized carbons (Fsp3) is 0.333. The molecule has 1 aliphatic carbocycles. The summed E-state index contributed by atoms with van der Waals surface area (Å²) in [5.41, 5.74) is 2.15. The molecule has 23 heavy (non-hydrogen) atoms. The summed E-state index contributed by atoms with van der Waals surface area (Å²) in [4.78, 5) is 0. The van der Waals surface area contributed by atoms with Crippen molar-refractivity contribution < 1.29 is 9.47 Å². The summed E-state index contributed by atoms with van der Waals surface area (Å²) in [6, 6.07) is 12.2. The lowest BCUT2D eigenvalue weighted by Crippen LogP contribution is -2.15. The van der Waals surface area contributed by atoms with Crippen molar-refractivity contribution in [2.45, 2.75) is 32.0 Å². The van der Waals surface area contributed by atoms with Crippen LogP contribution < -0.4 is 14.8 Å². The van der Waals surface area contributed by atoms with Gasteiger partial charge in [-0.15, -0.1) is 0 Å². The second-order valence-corrected chi connectivity index (χ2v) is 6.49. The van der Waals surface area contributed by atoms with Crippen molar-refractivity contribution in [1.82, 2.24) is 5.32 Å². The van der Waals surface area contributed by atoms with Crippen molar-refractivity contribution in [3.05, 3.63) is 57.6 Å². The molecular weight excluding hydrogens is 333 g/mol. The summed E-state index contributed by atoms with van der Waals surface area (Å²) in [6.45, 7) is 1.26. The van der Waals surface area contributed by atoms with Crippen LogP contribution in [0.1, 0.15) is 24.0 Å². The van der Waals surface area contributed by atoms with Gasteiger partial charge in [0.2, 0.25) is 0 Å². The van der Waals surface area contributed by atoms with E-state index in [2.05, 4.69) is 11.4 Å². The van der Waals surface area contributed by atoms with Crippen LogP contribution in [-0.2, 0) is 13.2 Å². The van der Waals surface area contributed by atoms with Gasteiger partial charge in [-0.3, -0.25) is 0 Å². The minimum Gasteiger partial charge on any atom is -0.493 e. The molecule has 3 nitrogen and oxygen atoms in total. The van der Waals surface area contributed by atoms with E-state index in [1.165, 1.54) is 18.4 Å². The van der Waals surface area contributed by atoms with Gasteiger partial charge < -0.3 is 14.8 Å². The molecule has 0 saturated heterocycles. The lowest BCUT2D eigenvalue weighted by Gasteiger charge is -2.13. The Hall–Kier alpha value is -1.42. The number of hydrogen-bond acceptors (Lipinski definition) is 3. The van der Waals surface area contributed by atoms with E-state index in [1.54, 1.807) is 13.2 Å². The first-order chi connectivity index (χ1) is 11.2. The van der Waals surface area contributed by atoms with Crippen molar-refractivity contribution in [3.8, 4) is 11.5 Å². The maximum Gasteiger partial charge on any atom is 0.161 e. The number of halogens is 2. The highest BCUT2D eigenvalue weighted by Crippen LogP contribution is 2.30. The lowest BCUT2D eigenvalue weighted by molar-refractivity contribution is 0.284. The van der Waals surface area contributed by atoms with Crippen LogP contribution in [-0.4, -0.2) is 13.2 Å². The van der Waals surface area contributed by atoms with Gasteiger partial charge in [0.05, 0.1) is 17.2 Å². The van der Waals surface area contributed by atoms with Crippen molar-refractivity contribution in [1.29, 1.82) is 0 Å². The summed E-state index contributed by atoms with van der Waals surface area (Å²) in [6.07, 6.45) is 2.56. The Morgan fingerprint density at radius 2 is 1.78 bits per heavy atom. The van der Waals surface area contributed by atoms with E-state index in [-0.39, 0.29) is 0 Å². The van der Waals surface area contributed by atoms with Gasteiger partial charge in [0, 0.05) is 12.6 Å². The van der Waals surface area contributed by atoms with Crippen LogP contribution in [0.25, 0.3) is 0 Å². The van der Waals surface area contributed by atoms with E-state index in [4.69, 9.17) is 32.7 Å². The van der Waals surface area contributed by atoms with Gasteiger partial charge in [0.15, 0.2) is 11.5 Å². The third kappa shape index (κ3) is 4.54. The first-order valence-electron chi connectivity index (χ1n) is 7.63. The quantitative estimate of drug-likeness (QED) is 0.774. The second kappa shape index (κ2) is 7.43. The number of ether oxygens (including phenoxy) is 2. The second-order valence-electron chi connectivity index (χ2n) is 5.68. The topological polar surface area (TPSA) is 30.5 Å². The fourth-order valence-corrected chi connectivity index (χ4v) is 2.60. The molecule has 0 radical (unpaired) electrons. The predicted molar refractivity (Wildman–Crippen MR) is 93.6 cm³/mol. The number of benzene rings is 2. The van der Waals surface area contributed by atoms with Gasteiger partial charge in [-0.2, -0.15) is 0 Å². The van der Waals surface area contributed by atoms with Crippen LogP contribution >= 0.6 is 23.2 Å². The molecule has 1 aliphatic rings. The first kappa shape index (κ1) is 16.4. The van der Waals surface area contributed by atoms with Gasteiger partial charge >= 0.3 is 0 Å². The van der Waals surface area contributed by atoms with Crippen molar-refractivity contribution >= 4 is 23.2 Å². The van der Waals surface area contributed by atoms with E-state index >= 15 is 0 Å². The summed E-state index contributed by atoms with van der Waals surface area (Å²) in [7, 11) is 1.65. The zero-order valence-corrected chi connectivity index (χ0v) is 14.5. The molecule has 122 valence electrons. The molecule has 1 fully saturated rings. The summed E-state index contributed by atoms with van der Waals surface area (Å²) in [5, 5.41) is 4.56. The Labute approximate surface area is 146 Å². The maximum absolute atomic E-state index is 6.02. The molecule has 1 N–H and O–H groups in total. The number of nitrogens with one attached hydrogen (secondary N) is 1. The summed E-state index contributed by atoms with van der Waals surface area (Å²) >= 11 is 11.9. The van der Waals surface area contributed by atoms with Gasteiger partial charge in [-0.1, -0.05) is 35.3 Å². The first-order valence-corrected chi connectivity index (χ1v) is 8.38. The standard InChI is InChI=1S/C18H19Cl2NO2/c1-22-18-9-12(10-21-14-4-5-14)3-7-17(18)23-11-13-2-6-15(19)16(20)8-13/h2-3,6-9,14,21H,4-5,10-11H2,1H3. The Morgan fingerprint density at radius 1 is 1.00 bits per heavy atom. The van der Waals surface area contributed by atoms with Gasteiger partial charge in [0.1, 0.15) is 6.61 Å². The molecule has 3 rings (SSSR count). The largest absolute Gasteiger partial charge is 0.493 e. The fourth-order valence-electron chi connectivity index (χ4n) is 2.28. The van der Waals surface area contributed by atoms with Gasteiger partial charge in [0.25, 0.3) is 0 Å². The Balaban J connectivity index is 1.64. The van der Waals surface area contributed by atoms with Crippen LogP contribution in [0.3, 0.4) is 0 Å². The molecule has 0 amide bonds. The maximum atomic E-state index is 6.02. The molecule has 0 bridgehead atoms. The van der Waals surface area contributed by atoms with Crippen molar-refractivity contribution in [3.63, 3.8) is 0 Å². The molecule has 1 saturated carbocycles. The number of rotatable bonds is 7. The molecule has 0 aromatic heterocycles. The third-order valence-electron chi connectivity index (χ3n) is 3.78. The SMILES string of the molecule is COc1cc(CNC2CC2)ccc1OCc1ccc(Cl)c(Cl)c1. The van der Waals surface area contributed by atoms with E-state index < -0.39 is 0 Å². The molecule has 0 aliphatic heterocycles. The molecule has 2 aromatic carbocycles. The predicted octanol–water partition coefficient (Wildman–Crippen LogP) is 4.83. The lowest BCUT2D eigenvalue weighted by atomic mass is 10.2. The molecule has 5 heteroatoms. The van der Waals surface area contributed by atoms with E-state index in [0.717, 1.165) is 17.9 Å². The van der Waals surface area contributed by atoms with E-state index in [9.17, 15) is 0 Å². The minimum atomic E-state index is 0.410. The molecule has 0 unspecified atom stereocenters. The highest BCUT2D eigenvalue weighted by Gasteiger charge is 2.20. The summed E-state index contributed by atoms with van der Waals surface area (Å²) in [5.74, 6) is 1.45. The van der Waals surface area contributed by atoms with Crippen LogP contribution in [0, 0.1) is 0 Å². The average molecular weight is 352 g/mol. The zero-order valence-electron chi connectivity index (χ0n) is 12.9. The molecule has 0 heterocycles. The minimum absolute atomic E-state index is 0.410. The van der Waals surface area contributed by atoms with Crippen LogP contribution in [0.15, 0.2) is 36.4 Å². The highest BCUT2D eigenvalue weighted by atomic mass is 35.5. The van der Waals surface area contributed by atoms with Crippen LogP contribution in [0.2, 0.25) is 10.0 Å². The summed E-state index contributed by atoms with van der Waals surface area (Å²) < 4.78 is 11.3. The molecular formula is C18H19Cl2NO2. The van der Waals surface area contributed by atoms with Gasteiger partial charge in [-0.05, 0) is 48.2 Å². The normalized spacial score (nSPS) is 13.9. The van der Waals surface area contributed by atoms with Crippen molar-refractivity contribution in [2.75, 3.05) is 7.11 Å². The number of methoxy groups -OCH3 is 1. The van der Waals surface area contributed by atoms with Crippen LogP contribution in [0.5, 0.6) is 11.5 Å². The Morgan fingerprint density at radius 3 is 2.48 bits per heavy atom. The van der Waals surface area contributed by atoms with Gasteiger partial charge in [-0.25, -0.2) is 0 Å². The zero-order chi connectivity index (χ0) is 16.2. The highest BCUT2D eigenvalue weighted by molar-refractivity contribution is 6.42. The number of hydrogen-bond donors (Lipinski definition) is 1. The smallest absolute Gasteiger partial charge is 0.161 e. The molecule has 2 aromatic rings. The Kier molecular flexibility index (Phi) is 5.31. The monoisotopic (exact) mass is 351 g/mol. The molecule has 0 spiro atoms. The van der Waals surface area contributed by atoms with Crippen molar-refractivity contribution in [2.24, 2.45) is 0 Å². The molecule has 0 atom stereocenters. The Bertz CT molecular complexity index is 687. The van der Waals surface area contributed by atoms with E-state index in [1.807, 2.05) is 24.3 Å². The van der Waals surface area contributed by atoms with Crippen LogP contribution in [0.4, 0.5) is 0 Å². The average Bonchev–Trinajstić information content (AvgIpc) is 3.38. The van der Waals surface area contributed by atoms with E-state index in [0.29, 0.717) is 28.4 Å². The third-order valence-corrected chi connectivity index (χ3v) is 4.52.